The number of hydrogen-bond donors (Lipinski definition) is 1. The van der Waals surface area contributed by atoms with Gasteiger partial charge in [0.1, 0.15) is 11.6 Å². The van der Waals surface area contributed by atoms with Gasteiger partial charge in [-0.05, 0) is 56.2 Å². The summed E-state index contributed by atoms with van der Waals surface area (Å²) < 4.78 is 17.8. The highest BCUT2D eigenvalue weighted by molar-refractivity contribution is 5.67. The maximum absolute atomic E-state index is 13.3. The van der Waals surface area contributed by atoms with Crippen LogP contribution in [0.1, 0.15) is 18.1 Å². The number of ether oxygens (including phenoxy) is 1. The van der Waals surface area contributed by atoms with Crippen LogP contribution in [0.3, 0.4) is 0 Å². The van der Waals surface area contributed by atoms with Crippen molar-refractivity contribution in [2.45, 2.75) is 26.8 Å². The molecule has 0 bridgehead atoms. The Morgan fingerprint density at radius 2 is 1.84 bits per heavy atom. The fourth-order valence-corrected chi connectivity index (χ4v) is 3.87. The molecule has 0 aliphatic carbocycles. The Balaban J connectivity index is 1.50. The average molecular weight is 438 g/mol. The van der Waals surface area contributed by atoms with E-state index in [0.29, 0.717) is 25.5 Å². The zero-order chi connectivity index (χ0) is 22.8. The molecule has 166 valence electrons. The van der Waals surface area contributed by atoms with Gasteiger partial charge >= 0.3 is 6.16 Å². The molecule has 1 fully saturated rings. The number of carbonyl (C=O) groups is 1. The minimum atomic E-state index is -1.42. The number of nitrogens with zero attached hydrogens (tertiary/aromatic N) is 6. The quantitative estimate of drug-likeness (QED) is 0.613. The number of carboxylic acid groups (broad SMARTS) is 1. The van der Waals surface area contributed by atoms with Gasteiger partial charge in [0.15, 0.2) is 5.82 Å². The fourth-order valence-electron chi connectivity index (χ4n) is 3.87. The third-order valence-corrected chi connectivity index (χ3v) is 5.64. The predicted octanol–water partition coefficient (Wildman–Crippen LogP) is 3.46. The van der Waals surface area contributed by atoms with E-state index in [4.69, 9.17) is 5.11 Å². The smallest absolute Gasteiger partial charge is 0.449 e. The number of piperazine rings is 1. The molecule has 10 heteroatoms. The van der Waals surface area contributed by atoms with E-state index in [0.717, 1.165) is 28.2 Å². The van der Waals surface area contributed by atoms with E-state index in [9.17, 15) is 9.18 Å². The third-order valence-electron chi connectivity index (χ3n) is 5.64. The van der Waals surface area contributed by atoms with Gasteiger partial charge < -0.3 is 19.6 Å². The number of aromatic nitrogens is 4. The molecule has 0 saturated carbocycles. The molecule has 1 atom stereocenters. The summed E-state index contributed by atoms with van der Waals surface area (Å²) in [6.07, 6.45) is 1.39. The number of hydrogen-bond acceptors (Lipinski definition) is 8. The van der Waals surface area contributed by atoms with Gasteiger partial charge in [0.05, 0.1) is 18.1 Å². The van der Waals surface area contributed by atoms with Gasteiger partial charge in [-0.1, -0.05) is 0 Å². The van der Waals surface area contributed by atoms with Gasteiger partial charge in [-0.3, -0.25) is 0 Å². The lowest BCUT2D eigenvalue weighted by Gasteiger charge is -2.41. The van der Waals surface area contributed by atoms with Gasteiger partial charge in [0.25, 0.3) is 0 Å². The van der Waals surface area contributed by atoms with E-state index in [-0.39, 0.29) is 17.7 Å². The molecule has 3 aromatic rings. The number of halogens is 1. The second-order valence-corrected chi connectivity index (χ2v) is 7.70. The van der Waals surface area contributed by atoms with Gasteiger partial charge in [-0.2, -0.15) is 0 Å². The SMILES string of the molecule is Cc1c(-c2ccc(F)cc2)nnc(N2CCN(c3cnc(OC(=O)O)cn3)[C@H](C)C2)c1C. The largest absolute Gasteiger partial charge is 0.512 e. The summed E-state index contributed by atoms with van der Waals surface area (Å²) in [5, 5.41) is 17.6. The van der Waals surface area contributed by atoms with Crippen molar-refractivity contribution in [3.05, 3.63) is 53.6 Å². The molecule has 1 saturated heterocycles. The highest BCUT2D eigenvalue weighted by Gasteiger charge is 2.27. The van der Waals surface area contributed by atoms with Gasteiger partial charge in [0, 0.05) is 31.2 Å². The van der Waals surface area contributed by atoms with Crippen LogP contribution in [0.25, 0.3) is 11.3 Å². The van der Waals surface area contributed by atoms with Gasteiger partial charge in [-0.25, -0.2) is 19.2 Å². The van der Waals surface area contributed by atoms with Crippen LogP contribution in [0, 0.1) is 19.7 Å². The fraction of sp³-hybridized carbons (Fsp3) is 0.318. The van der Waals surface area contributed by atoms with E-state index in [2.05, 4.69) is 41.6 Å². The topological polar surface area (TPSA) is 105 Å². The van der Waals surface area contributed by atoms with E-state index in [1.165, 1.54) is 24.5 Å². The second-order valence-electron chi connectivity index (χ2n) is 7.70. The van der Waals surface area contributed by atoms with Crippen LogP contribution in [0.5, 0.6) is 5.88 Å². The number of rotatable bonds is 4. The van der Waals surface area contributed by atoms with Crippen LogP contribution in [-0.2, 0) is 0 Å². The Labute approximate surface area is 184 Å². The molecule has 0 amide bonds. The summed E-state index contributed by atoms with van der Waals surface area (Å²) in [5.41, 5.74) is 3.63. The van der Waals surface area contributed by atoms with Crippen molar-refractivity contribution < 1.29 is 19.0 Å². The molecule has 9 nitrogen and oxygen atoms in total. The molecule has 1 aromatic carbocycles. The van der Waals surface area contributed by atoms with E-state index >= 15 is 0 Å². The Bertz CT molecular complexity index is 1120. The number of benzene rings is 1. The molecule has 1 N–H and O–H groups in total. The molecule has 3 heterocycles. The first kappa shape index (κ1) is 21.4. The van der Waals surface area contributed by atoms with Crippen molar-refractivity contribution in [1.29, 1.82) is 0 Å². The molecule has 1 aliphatic heterocycles. The Morgan fingerprint density at radius 3 is 2.47 bits per heavy atom. The molecular weight excluding hydrogens is 415 g/mol. The van der Waals surface area contributed by atoms with Gasteiger partial charge in [-0.15, -0.1) is 10.2 Å². The van der Waals surface area contributed by atoms with Crippen LogP contribution in [0.2, 0.25) is 0 Å². The minimum Gasteiger partial charge on any atom is -0.449 e. The minimum absolute atomic E-state index is 0.0600. The molecule has 0 spiro atoms. The highest BCUT2D eigenvalue weighted by Crippen LogP contribution is 2.29. The number of anilines is 2. The summed E-state index contributed by atoms with van der Waals surface area (Å²) in [5.74, 6) is 1.14. The monoisotopic (exact) mass is 438 g/mol. The van der Waals surface area contributed by atoms with Gasteiger partial charge in [0.2, 0.25) is 5.88 Å². The van der Waals surface area contributed by atoms with Crippen molar-refractivity contribution in [2.75, 3.05) is 29.4 Å². The summed E-state index contributed by atoms with van der Waals surface area (Å²) in [6, 6.07) is 6.37. The summed E-state index contributed by atoms with van der Waals surface area (Å²) in [4.78, 5) is 23.2. The molecular formula is C22H23FN6O3. The first-order valence-corrected chi connectivity index (χ1v) is 10.2. The molecule has 0 unspecified atom stereocenters. The van der Waals surface area contributed by atoms with Crippen LogP contribution in [0.15, 0.2) is 36.7 Å². The first-order chi connectivity index (χ1) is 15.3. The zero-order valence-electron chi connectivity index (χ0n) is 18.0. The Morgan fingerprint density at radius 1 is 1.09 bits per heavy atom. The maximum Gasteiger partial charge on any atom is 0.512 e. The molecule has 4 rings (SSSR count). The zero-order valence-corrected chi connectivity index (χ0v) is 18.0. The average Bonchev–Trinajstić information content (AvgIpc) is 2.77. The van der Waals surface area contributed by atoms with E-state index in [1.807, 2.05) is 13.8 Å². The predicted molar refractivity (Wildman–Crippen MR) is 117 cm³/mol. The molecule has 32 heavy (non-hydrogen) atoms. The molecule has 0 radical (unpaired) electrons. The normalized spacial score (nSPS) is 16.2. The molecule has 2 aromatic heterocycles. The molecule has 1 aliphatic rings. The van der Waals surface area contributed by atoms with E-state index in [1.54, 1.807) is 12.1 Å². The lowest BCUT2D eigenvalue weighted by Crippen LogP contribution is -2.53. The van der Waals surface area contributed by atoms with Crippen LogP contribution in [-0.4, -0.2) is 57.1 Å². The Hall–Kier alpha value is -3.82. The lowest BCUT2D eigenvalue weighted by molar-refractivity contribution is 0.142. The van der Waals surface area contributed by atoms with Crippen molar-refractivity contribution >= 4 is 17.8 Å². The van der Waals surface area contributed by atoms with E-state index < -0.39 is 6.16 Å². The van der Waals surface area contributed by atoms with Crippen LogP contribution < -0.4 is 14.5 Å². The van der Waals surface area contributed by atoms with Crippen molar-refractivity contribution in [3.8, 4) is 17.1 Å². The first-order valence-electron chi connectivity index (χ1n) is 10.2. The van der Waals surface area contributed by atoms with Crippen molar-refractivity contribution in [1.82, 2.24) is 20.2 Å². The maximum atomic E-state index is 13.3. The standard InChI is InChI=1S/C22H23FN6O3/c1-13-12-28(8-9-29(13)18-10-25-19(11-24-18)32-22(30)31)21-15(3)14(2)20(26-27-21)16-4-6-17(23)7-5-16/h4-7,10-11,13H,8-9,12H2,1-3H3,(H,30,31)/t13-/m1/s1. The van der Waals surface area contributed by atoms with Crippen molar-refractivity contribution in [3.63, 3.8) is 0 Å². The summed E-state index contributed by atoms with van der Waals surface area (Å²) in [6.45, 7) is 8.22. The summed E-state index contributed by atoms with van der Waals surface area (Å²) >= 11 is 0. The lowest BCUT2D eigenvalue weighted by atomic mass is 10.0. The Kier molecular flexibility index (Phi) is 5.85. The third kappa shape index (κ3) is 4.29. The second kappa shape index (κ2) is 8.74. The highest BCUT2D eigenvalue weighted by atomic mass is 19.1. The van der Waals surface area contributed by atoms with Crippen LogP contribution in [0.4, 0.5) is 20.8 Å². The van der Waals surface area contributed by atoms with Crippen molar-refractivity contribution in [2.24, 2.45) is 0 Å². The van der Waals surface area contributed by atoms with Crippen LogP contribution >= 0.6 is 0 Å². The summed E-state index contributed by atoms with van der Waals surface area (Å²) in [7, 11) is 0.